The molecule has 1 aromatic heterocycles. The number of hydrogen-bond donors (Lipinski definition) is 3. The molecule has 2 rings (SSSR count). The first-order valence-corrected chi connectivity index (χ1v) is 5.40. The summed E-state index contributed by atoms with van der Waals surface area (Å²) in [4.78, 5) is 10.8. The number of benzene rings is 1. The summed E-state index contributed by atoms with van der Waals surface area (Å²) in [6, 6.07) is 4.79. The fourth-order valence-electron chi connectivity index (χ4n) is 1.63. The molecule has 1 heterocycles. The van der Waals surface area contributed by atoms with Gasteiger partial charge in [-0.15, -0.1) is 0 Å². The van der Waals surface area contributed by atoms with Gasteiger partial charge in [0.15, 0.2) is 0 Å². The fourth-order valence-corrected chi connectivity index (χ4v) is 1.63. The number of aromatic nitrogens is 2. The van der Waals surface area contributed by atoms with E-state index < -0.39 is 5.97 Å². The summed E-state index contributed by atoms with van der Waals surface area (Å²) in [6.07, 6.45) is 3.67. The number of carboxylic acid groups (broad SMARTS) is 1. The predicted octanol–water partition coefficient (Wildman–Crippen LogP) is 1.31. The molecule has 0 radical (unpaired) electrons. The third kappa shape index (κ3) is 2.60. The Morgan fingerprint density at radius 3 is 2.89 bits per heavy atom. The van der Waals surface area contributed by atoms with E-state index in [1.807, 2.05) is 13.2 Å². The zero-order chi connectivity index (χ0) is 13.1. The van der Waals surface area contributed by atoms with Gasteiger partial charge in [0.1, 0.15) is 0 Å². The van der Waals surface area contributed by atoms with Gasteiger partial charge in [0, 0.05) is 36.7 Å². The SMILES string of the molecule is Cn1cc(CNc2ccc(C(=O)O)c(N)c2)cn1. The number of aromatic carboxylic acids is 1. The minimum Gasteiger partial charge on any atom is -0.478 e. The minimum atomic E-state index is -1.02. The second-order valence-corrected chi connectivity index (χ2v) is 3.98. The fraction of sp³-hybridized carbons (Fsp3) is 0.167. The van der Waals surface area contributed by atoms with E-state index in [9.17, 15) is 4.79 Å². The molecular weight excluding hydrogens is 232 g/mol. The average Bonchev–Trinajstić information content (AvgIpc) is 2.72. The highest BCUT2D eigenvalue weighted by Crippen LogP contribution is 2.18. The van der Waals surface area contributed by atoms with Gasteiger partial charge in [-0.3, -0.25) is 4.68 Å². The van der Waals surface area contributed by atoms with Crippen LogP contribution in [0.1, 0.15) is 15.9 Å². The molecule has 0 amide bonds. The maximum absolute atomic E-state index is 10.8. The van der Waals surface area contributed by atoms with Crippen molar-refractivity contribution in [1.29, 1.82) is 0 Å². The van der Waals surface area contributed by atoms with Crippen LogP contribution in [0.15, 0.2) is 30.6 Å². The van der Waals surface area contributed by atoms with Gasteiger partial charge in [0.05, 0.1) is 11.8 Å². The van der Waals surface area contributed by atoms with Gasteiger partial charge in [0.2, 0.25) is 0 Å². The molecule has 2 aromatic rings. The van der Waals surface area contributed by atoms with Crippen molar-refractivity contribution in [2.75, 3.05) is 11.1 Å². The Hall–Kier alpha value is -2.50. The Balaban J connectivity index is 2.06. The van der Waals surface area contributed by atoms with E-state index >= 15 is 0 Å². The lowest BCUT2D eigenvalue weighted by Crippen LogP contribution is -2.04. The molecule has 0 aliphatic carbocycles. The summed E-state index contributed by atoms with van der Waals surface area (Å²) < 4.78 is 1.72. The Morgan fingerprint density at radius 2 is 2.33 bits per heavy atom. The van der Waals surface area contributed by atoms with E-state index in [-0.39, 0.29) is 11.3 Å². The first kappa shape index (κ1) is 12.0. The van der Waals surface area contributed by atoms with E-state index in [0.717, 1.165) is 11.3 Å². The number of nitrogens with one attached hydrogen (secondary N) is 1. The van der Waals surface area contributed by atoms with Crippen LogP contribution in [0.5, 0.6) is 0 Å². The summed E-state index contributed by atoms with van der Waals surface area (Å²) in [5, 5.41) is 16.1. The van der Waals surface area contributed by atoms with Crippen molar-refractivity contribution in [3.63, 3.8) is 0 Å². The van der Waals surface area contributed by atoms with Crippen LogP contribution < -0.4 is 11.1 Å². The van der Waals surface area contributed by atoms with E-state index in [1.54, 1.807) is 23.0 Å². The smallest absolute Gasteiger partial charge is 0.337 e. The van der Waals surface area contributed by atoms with E-state index in [4.69, 9.17) is 10.8 Å². The standard InChI is InChI=1S/C12H14N4O2/c1-16-7-8(6-15-16)5-14-9-2-3-10(12(17)18)11(13)4-9/h2-4,6-7,14H,5,13H2,1H3,(H,17,18). The van der Waals surface area contributed by atoms with Gasteiger partial charge in [-0.2, -0.15) is 5.10 Å². The molecule has 0 aliphatic rings. The normalized spacial score (nSPS) is 10.3. The van der Waals surface area contributed by atoms with Crippen molar-refractivity contribution in [3.8, 4) is 0 Å². The van der Waals surface area contributed by atoms with Gasteiger partial charge in [-0.25, -0.2) is 4.79 Å². The highest BCUT2D eigenvalue weighted by molar-refractivity contribution is 5.94. The van der Waals surface area contributed by atoms with Crippen LogP contribution >= 0.6 is 0 Å². The molecule has 0 fully saturated rings. The lowest BCUT2D eigenvalue weighted by atomic mass is 10.1. The molecule has 1 aromatic carbocycles. The third-order valence-corrected chi connectivity index (χ3v) is 2.54. The van der Waals surface area contributed by atoms with Crippen LogP contribution in [0.25, 0.3) is 0 Å². The molecule has 0 unspecified atom stereocenters. The molecule has 0 saturated heterocycles. The maximum atomic E-state index is 10.8. The summed E-state index contributed by atoms with van der Waals surface area (Å²) in [5.74, 6) is -1.02. The largest absolute Gasteiger partial charge is 0.478 e. The summed E-state index contributed by atoms with van der Waals surface area (Å²) in [6.45, 7) is 0.611. The number of anilines is 2. The van der Waals surface area contributed by atoms with Crippen LogP contribution in [-0.4, -0.2) is 20.9 Å². The monoisotopic (exact) mass is 246 g/mol. The van der Waals surface area contributed by atoms with Crippen molar-refractivity contribution in [1.82, 2.24) is 9.78 Å². The molecule has 0 bridgehead atoms. The maximum Gasteiger partial charge on any atom is 0.337 e. The van der Waals surface area contributed by atoms with E-state index in [0.29, 0.717) is 6.54 Å². The number of nitrogens with zero attached hydrogens (tertiary/aromatic N) is 2. The summed E-state index contributed by atoms with van der Waals surface area (Å²) >= 11 is 0. The van der Waals surface area contributed by atoms with Gasteiger partial charge in [-0.1, -0.05) is 0 Å². The molecule has 6 nitrogen and oxygen atoms in total. The Labute approximate surface area is 104 Å². The molecular formula is C12H14N4O2. The van der Waals surface area contributed by atoms with Crippen molar-refractivity contribution >= 4 is 17.3 Å². The molecule has 0 spiro atoms. The van der Waals surface area contributed by atoms with Crippen molar-refractivity contribution in [2.45, 2.75) is 6.54 Å². The average molecular weight is 246 g/mol. The molecule has 0 aliphatic heterocycles. The number of carboxylic acids is 1. The van der Waals surface area contributed by atoms with Crippen LogP contribution in [0.3, 0.4) is 0 Å². The lowest BCUT2D eigenvalue weighted by Gasteiger charge is -2.07. The molecule has 18 heavy (non-hydrogen) atoms. The van der Waals surface area contributed by atoms with Gasteiger partial charge in [-0.05, 0) is 18.2 Å². The van der Waals surface area contributed by atoms with Gasteiger partial charge >= 0.3 is 5.97 Å². The number of carbonyl (C=O) groups is 1. The molecule has 0 saturated carbocycles. The number of nitrogen functional groups attached to an aromatic ring is 1. The predicted molar refractivity (Wildman–Crippen MR) is 68.3 cm³/mol. The minimum absolute atomic E-state index is 0.113. The van der Waals surface area contributed by atoms with E-state index in [2.05, 4.69) is 10.4 Å². The van der Waals surface area contributed by atoms with Crippen LogP contribution in [0, 0.1) is 0 Å². The quantitative estimate of drug-likeness (QED) is 0.707. The second kappa shape index (κ2) is 4.79. The molecule has 6 heteroatoms. The zero-order valence-corrected chi connectivity index (χ0v) is 9.92. The zero-order valence-electron chi connectivity index (χ0n) is 9.92. The van der Waals surface area contributed by atoms with Gasteiger partial charge < -0.3 is 16.2 Å². The number of aryl methyl sites for hydroxylation is 1. The number of rotatable bonds is 4. The third-order valence-electron chi connectivity index (χ3n) is 2.54. The first-order chi connectivity index (χ1) is 8.56. The van der Waals surface area contributed by atoms with Crippen LogP contribution in [0.2, 0.25) is 0 Å². The first-order valence-electron chi connectivity index (χ1n) is 5.40. The highest BCUT2D eigenvalue weighted by atomic mass is 16.4. The van der Waals surface area contributed by atoms with Crippen molar-refractivity contribution in [2.24, 2.45) is 7.05 Å². The number of nitrogens with two attached hydrogens (primary N) is 1. The molecule has 0 atom stereocenters. The molecule has 4 N–H and O–H groups in total. The second-order valence-electron chi connectivity index (χ2n) is 3.98. The number of hydrogen-bond acceptors (Lipinski definition) is 4. The van der Waals surface area contributed by atoms with E-state index in [1.165, 1.54) is 6.07 Å². The van der Waals surface area contributed by atoms with Crippen molar-refractivity contribution in [3.05, 3.63) is 41.7 Å². The van der Waals surface area contributed by atoms with Crippen molar-refractivity contribution < 1.29 is 9.90 Å². The Bertz CT molecular complexity index is 577. The summed E-state index contributed by atoms with van der Waals surface area (Å²) in [7, 11) is 1.85. The highest BCUT2D eigenvalue weighted by Gasteiger charge is 2.07. The van der Waals surface area contributed by atoms with Gasteiger partial charge in [0.25, 0.3) is 0 Å². The van der Waals surface area contributed by atoms with Crippen LogP contribution in [-0.2, 0) is 13.6 Å². The molecule has 94 valence electrons. The topological polar surface area (TPSA) is 93.2 Å². The Morgan fingerprint density at radius 1 is 1.56 bits per heavy atom. The lowest BCUT2D eigenvalue weighted by molar-refractivity contribution is 0.0698. The Kier molecular flexibility index (Phi) is 3.18. The van der Waals surface area contributed by atoms with Crippen LogP contribution in [0.4, 0.5) is 11.4 Å². The summed E-state index contributed by atoms with van der Waals surface area (Å²) in [5.41, 5.74) is 7.84.